The molecule has 2 aromatic rings. The summed E-state index contributed by atoms with van der Waals surface area (Å²) < 4.78 is 45.1. The normalized spacial score (nSPS) is 11.4. The highest BCUT2D eigenvalue weighted by Gasteiger charge is 2.16. The van der Waals surface area contributed by atoms with Crippen LogP contribution in [0.2, 0.25) is 0 Å². The van der Waals surface area contributed by atoms with E-state index in [2.05, 4.69) is 10.8 Å². The maximum Gasteiger partial charge on any atom is 0.240 e. The van der Waals surface area contributed by atoms with Crippen molar-refractivity contribution < 1.29 is 17.5 Å². The second-order valence-electron chi connectivity index (χ2n) is 5.29. The fourth-order valence-electron chi connectivity index (χ4n) is 2.26. The van der Waals surface area contributed by atoms with Gasteiger partial charge in [0, 0.05) is 6.54 Å². The Labute approximate surface area is 136 Å². The van der Waals surface area contributed by atoms with E-state index in [-0.39, 0.29) is 10.6 Å². The van der Waals surface area contributed by atoms with Gasteiger partial charge in [0.25, 0.3) is 0 Å². The van der Waals surface area contributed by atoms with E-state index in [1.807, 2.05) is 25.1 Å². The van der Waals surface area contributed by atoms with Crippen LogP contribution < -0.4 is 9.46 Å². The molecule has 23 heavy (non-hydrogen) atoms. The first kappa shape index (κ1) is 17.4. The number of methoxy groups -OCH3 is 1. The van der Waals surface area contributed by atoms with Crippen LogP contribution in [0.25, 0.3) is 0 Å². The van der Waals surface area contributed by atoms with E-state index in [1.54, 1.807) is 0 Å². The predicted molar refractivity (Wildman–Crippen MR) is 87.6 cm³/mol. The SMILES string of the molecule is COc1ccc(S(=O)(=O)NCCCc2cccc(C)c2)cc1F. The average Bonchev–Trinajstić information content (AvgIpc) is 2.51. The Kier molecular flexibility index (Phi) is 5.74. The quantitative estimate of drug-likeness (QED) is 0.790. The minimum absolute atomic E-state index is 0.0170. The van der Waals surface area contributed by atoms with Crippen LogP contribution in [-0.2, 0) is 16.4 Å². The van der Waals surface area contributed by atoms with Crippen molar-refractivity contribution in [1.29, 1.82) is 0 Å². The zero-order chi connectivity index (χ0) is 16.9. The summed E-state index contributed by atoms with van der Waals surface area (Å²) in [7, 11) is -2.39. The Balaban J connectivity index is 1.92. The Morgan fingerprint density at radius 2 is 1.96 bits per heavy atom. The maximum absolute atomic E-state index is 13.6. The molecule has 2 aromatic carbocycles. The minimum Gasteiger partial charge on any atom is -0.494 e. The number of rotatable bonds is 7. The van der Waals surface area contributed by atoms with Gasteiger partial charge in [-0.3, -0.25) is 0 Å². The van der Waals surface area contributed by atoms with E-state index in [1.165, 1.54) is 30.4 Å². The number of benzene rings is 2. The van der Waals surface area contributed by atoms with Crippen LogP contribution in [0.5, 0.6) is 5.75 Å². The number of hydrogen-bond acceptors (Lipinski definition) is 3. The highest BCUT2D eigenvalue weighted by molar-refractivity contribution is 7.89. The first-order valence-electron chi connectivity index (χ1n) is 7.31. The third-order valence-electron chi connectivity index (χ3n) is 3.45. The van der Waals surface area contributed by atoms with Gasteiger partial charge in [0.2, 0.25) is 10.0 Å². The van der Waals surface area contributed by atoms with Crippen LogP contribution in [-0.4, -0.2) is 22.1 Å². The monoisotopic (exact) mass is 337 g/mol. The van der Waals surface area contributed by atoms with Crippen molar-refractivity contribution in [1.82, 2.24) is 4.72 Å². The average molecular weight is 337 g/mol. The summed E-state index contributed by atoms with van der Waals surface area (Å²) >= 11 is 0. The predicted octanol–water partition coefficient (Wildman–Crippen LogP) is 3.05. The summed E-state index contributed by atoms with van der Waals surface area (Å²) in [5.41, 5.74) is 2.34. The third kappa shape index (κ3) is 4.77. The van der Waals surface area contributed by atoms with Crippen molar-refractivity contribution in [3.05, 3.63) is 59.4 Å². The second-order valence-corrected chi connectivity index (χ2v) is 7.05. The van der Waals surface area contributed by atoms with Crippen LogP contribution in [0.15, 0.2) is 47.4 Å². The highest BCUT2D eigenvalue weighted by Crippen LogP contribution is 2.20. The summed E-state index contributed by atoms with van der Waals surface area (Å²) in [4.78, 5) is -0.105. The molecule has 6 heteroatoms. The molecular formula is C17H20FNO3S. The molecule has 4 nitrogen and oxygen atoms in total. The molecule has 0 aliphatic carbocycles. The number of aryl methyl sites for hydroxylation is 2. The lowest BCUT2D eigenvalue weighted by Gasteiger charge is -2.08. The van der Waals surface area contributed by atoms with E-state index in [4.69, 9.17) is 4.74 Å². The van der Waals surface area contributed by atoms with E-state index in [9.17, 15) is 12.8 Å². The maximum atomic E-state index is 13.6. The number of ether oxygens (including phenoxy) is 1. The molecule has 0 radical (unpaired) electrons. The Morgan fingerprint density at radius 1 is 1.17 bits per heavy atom. The molecular weight excluding hydrogens is 317 g/mol. The smallest absolute Gasteiger partial charge is 0.240 e. The lowest BCUT2D eigenvalue weighted by Crippen LogP contribution is -2.25. The van der Waals surface area contributed by atoms with Crippen LogP contribution in [0.1, 0.15) is 17.5 Å². The molecule has 0 amide bonds. The van der Waals surface area contributed by atoms with Gasteiger partial charge in [-0.05, 0) is 43.5 Å². The van der Waals surface area contributed by atoms with Crippen molar-refractivity contribution in [2.75, 3.05) is 13.7 Å². The zero-order valence-corrected chi connectivity index (χ0v) is 14.0. The van der Waals surface area contributed by atoms with Crippen LogP contribution in [0.3, 0.4) is 0 Å². The first-order chi connectivity index (χ1) is 10.9. The van der Waals surface area contributed by atoms with Crippen molar-refractivity contribution in [2.24, 2.45) is 0 Å². The molecule has 0 fully saturated rings. The third-order valence-corrected chi connectivity index (χ3v) is 4.91. The first-order valence-corrected chi connectivity index (χ1v) is 8.79. The van der Waals surface area contributed by atoms with E-state index in [0.29, 0.717) is 13.0 Å². The molecule has 1 N–H and O–H groups in total. The Morgan fingerprint density at radius 3 is 2.61 bits per heavy atom. The van der Waals surface area contributed by atoms with Crippen LogP contribution in [0, 0.1) is 12.7 Å². The van der Waals surface area contributed by atoms with Gasteiger partial charge >= 0.3 is 0 Å². The molecule has 0 spiro atoms. The van der Waals surface area contributed by atoms with Crippen molar-refractivity contribution in [3.8, 4) is 5.75 Å². The second kappa shape index (κ2) is 7.57. The number of hydrogen-bond donors (Lipinski definition) is 1. The van der Waals surface area contributed by atoms with E-state index >= 15 is 0 Å². The molecule has 0 saturated carbocycles. The molecule has 0 heterocycles. The van der Waals surface area contributed by atoms with Crippen LogP contribution in [0.4, 0.5) is 4.39 Å². The van der Waals surface area contributed by atoms with Gasteiger partial charge in [0.15, 0.2) is 11.6 Å². The fourth-order valence-corrected chi connectivity index (χ4v) is 3.35. The molecule has 0 aliphatic heterocycles. The van der Waals surface area contributed by atoms with Gasteiger partial charge in [-0.25, -0.2) is 17.5 Å². The highest BCUT2D eigenvalue weighted by atomic mass is 32.2. The van der Waals surface area contributed by atoms with E-state index < -0.39 is 15.8 Å². The number of sulfonamides is 1. The number of halogens is 1. The molecule has 0 unspecified atom stereocenters. The summed E-state index contributed by atoms with van der Waals surface area (Å²) in [5, 5.41) is 0. The topological polar surface area (TPSA) is 55.4 Å². The van der Waals surface area contributed by atoms with Gasteiger partial charge in [0.05, 0.1) is 12.0 Å². The Hall–Kier alpha value is -1.92. The molecule has 0 atom stereocenters. The molecule has 0 aliphatic rings. The summed E-state index contributed by atoms with van der Waals surface area (Å²) in [6, 6.07) is 11.7. The van der Waals surface area contributed by atoms with Gasteiger partial charge < -0.3 is 4.74 Å². The van der Waals surface area contributed by atoms with Gasteiger partial charge in [-0.15, -0.1) is 0 Å². The van der Waals surface area contributed by atoms with Crippen molar-refractivity contribution in [3.63, 3.8) is 0 Å². The summed E-state index contributed by atoms with van der Waals surface area (Å²) in [5.74, 6) is -0.682. The Bertz CT molecular complexity index is 775. The molecule has 0 aromatic heterocycles. The van der Waals surface area contributed by atoms with Crippen molar-refractivity contribution >= 4 is 10.0 Å². The van der Waals surface area contributed by atoms with Crippen LogP contribution >= 0.6 is 0 Å². The summed E-state index contributed by atoms with van der Waals surface area (Å²) in [6.45, 7) is 2.31. The molecule has 0 saturated heterocycles. The van der Waals surface area contributed by atoms with Crippen molar-refractivity contribution in [2.45, 2.75) is 24.7 Å². The van der Waals surface area contributed by atoms with E-state index in [0.717, 1.165) is 12.5 Å². The standard InChI is InChI=1S/C17H20FNO3S/c1-13-5-3-6-14(11-13)7-4-10-19-23(20,21)15-8-9-17(22-2)16(18)12-15/h3,5-6,8-9,11-12,19H,4,7,10H2,1-2H3. The lowest BCUT2D eigenvalue weighted by atomic mass is 10.1. The number of nitrogens with one attached hydrogen (secondary N) is 1. The molecule has 124 valence electrons. The largest absolute Gasteiger partial charge is 0.494 e. The lowest BCUT2D eigenvalue weighted by molar-refractivity contribution is 0.385. The zero-order valence-electron chi connectivity index (χ0n) is 13.2. The molecule has 2 rings (SSSR count). The summed E-state index contributed by atoms with van der Waals surface area (Å²) in [6.07, 6.45) is 1.45. The fraction of sp³-hybridized carbons (Fsp3) is 0.294. The minimum atomic E-state index is -3.72. The van der Waals surface area contributed by atoms with Gasteiger partial charge in [-0.2, -0.15) is 0 Å². The molecule has 0 bridgehead atoms. The van der Waals surface area contributed by atoms with Gasteiger partial charge in [0.1, 0.15) is 0 Å². The van der Waals surface area contributed by atoms with Gasteiger partial charge in [-0.1, -0.05) is 29.8 Å².